The second kappa shape index (κ2) is 9.04. The molecule has 0 unspecified atom stereocenters. The molecule has 0 N–H and O–H groups in total. The second-order valence-corrected chi connectivity index (χ2v) is 4.17. The van der Waals surface area contributed by atoms with Gasteiger partial charge in [-0.05, 0) is 11.6 Å². The van der Waals surface area contributed by atoms with Crippen LogP contribution in [0, 0.1) is 0 Å². The van der Waals surface area contributed by atoms with E-state index in [2.05, 4.69) is 0 Å². The van der Waals surface area contributed by atoms with Crippen molar-refractivity contribution in [3.63, 3.8) is 0 Å². The molecule has 2 aromatic carbocycles. The zero-order valence-corrected chi connectivity index (χ0v) is 13.4. The van der Waals surface area contributed by atoms with E-state index in [1.54, 1.807) is 31.4 Å². The Morgan fingerprint density at radius 2 is 1.62 bits per heavy atom. The van der Waals surface area contributed by atoms with Gasteiger partial charge in [-0.15, -0.1) is 0 Å². The van der Waals surface area contributed by atoms with Crippen molar-refractivity contribution in [2.24, 2.45) is 0 Å². The number of hydrogen-bond acceptors (Lipinski definition) is 2. The standard InChI is InChI=1S/C13H12O2.C5H5.Ru/c1-15-12-9-5-4-8-11(12)13(14)10-6-2-3-7-10;1-2-4-5-3-1;/h2-9,14H,1H3;1-5H;/q;-1;+2/p-1. The number of rotatable bonds is 2. The Labute approximate surface area is 138 Å². The molecule has 2 nitrogen and oxygen atoms in total. The predicted octanol–water partition coefficient (Wildman–Crippen LogP) is 3.30. The molecule has 0 saturated carbocycles. The maximum Gasteiger partial charge on any atom is 2.00 e. The van der Waals surface area contributed by atoms with E-state index in [4.69, 9.17) is 4.74 Å². The number of benzene rings is 1. The molecule has 0 spiro atoms. The minimum Gasteiger partial charge on any atom is -0.872 e. The zero-order valence-electron chi connectivity index (χ0n) is 11.7. The Bertz CT molecular complexity index is 591. The summed E-state index contributed by atoms with van der Waals surface area (Å²) in [5, 5.41) is 12.0. The molecule has 1 aliphatic rings. The predicted molar refractivity (Wildman–Crippen MR) is 80.2 cm³/mol. The van der Waals surface area contributed by atoms with E-state index < -0.39 is 0 Å². The van der Waals surface area contributed by atoms with Gasteiger partial charge < -0.3 is 9.84 Å². The van der Waals surface area contributed by atoms with Gasteiger partial charge in [-0.1, -0.05) is 48.3 Å². The summed E-state index contributed by atoms with van der Waals surface area (Å²) < 4.78 is 5.14. The number of allylic oxidation sites excluding steroid dienone is 5. The smallest absolute Gasteiger partial charge is 0.872 e. The summed E-state index contributed by atoms with van der Waals surface area (Å²) in [5.74, 6) is 0.612. The molecule has 0 radical (unpaired) electrons. The number of ether oxygens (including phenoxy) is 1. The van der Waals surface area contributed by atoms with Crippen LogP contribution in [0.3, 0.4) is 0 Å². The molecule has 0 saturated heterocycles. The molecule has 2 aromatic rings. The second-order valence-electron chi connectivity index (χ2n) is 4.17. The largest absolute Gasteiger partial charge is 2.00 e. The summed E-state index contributed by atoms with van der Waals surface area (Å²) in [7, 11) is 1.57. The van der Waals surface area contributed by atoms with E-state index in [-0.39, 0.29) is 25.2 Å². The quantitative estimate of drug-likeness (QED) is 0.465. The van der Waals surface area contributed by atoms with Crippen molar-refractivity contribution >= 4 is 5.76 Å². The van der Waals surface area contributed by atoms with Crippen LogP contribution in [0.2, 0.25) is 0 Å². The molecule has 0 aliphatic heterocycles. The van der Waals surface area contributed by atoms with Crippen molar-refractivity contribution in [3.8, 4) is 5.75 Å². The molecule has 3 heteroatoms. The first-order valence-corrected chi connectivity index (χ1v) is 6.39. The maximum absolute atomic E-state index is 12.0. The molecule has 0 atom stereocenters. The summed E-state index contributed by atoms with van der Waals surface area (Å²) in [6.07, 6.45) is 7.30. The first-order chi connectivity index (χ1) is 9.83. The average Bonchev–Trinajstić information content (AvgIpc) is 3.21. The zero-order chi connectivity index (χ0) is 14.2. The Hall–Kier alpha value is -1.99. The van der Waals surface area contributed by atoms with Gasteiger partial charge in [0.15, 0.2) is 0 Å². The van der Waals surface area contributed by atoms with Crippen LogP contribution < -0.4 is 9.84 Å². The van der Waals surface area contributed by atoms with Crippen LogP contribution in [-0.4, -0.2) is 7.11 Å². The van der Waals surface area contributed by atoms with Crippen molar-refractivity contribution < 1.29 is 29.3 Å². The van der Waals surface area contributed by atoms with Crippen molar-refractivity contribution in [1.82, 2.24) is 0 Å². The van der Waals surface area contributed by atoms with Crippen LogP contribution in [0.15, 0.2) is 84.5 Å². The fraction of sp³-hybridized carbons (Fsp3) is 0.0556. The summed E-state index contributed by atoms with van der Waals surface area (Å²) in [6, 6.07) is 17.2. The van der Waals surface area contributed by atoms with Crippen LogP contribution >= 0.6 is 0 Å². The molecule has 3 rings (SSSR count). The van der Waals surface area contributed by atoms with E-state index in [0.717, 1.165) is 0 Å². The van der Waals surface area contributed by atoms with Crippen LogP contribution in [0.5, 0.6) is 5.75 Å². The third-order valence-corrected chi connectivity index (χ3v) is 2.83. The first kappa shape index (κ1) is 17.1. The van der Waals surface area contributed by atoms with Crippen LogP contribution in [-0.2, 0) is 19.5 Å². The van der Waals surface area contributed by atoms with Gasteiger partial charge in [0.1, 0.15) is 5.75 Å². The number of hydrogen-bond donors (Lipinski definition) is 0. The molecule has 0 bridgehead atoms. The number of para-hydroxylation sites is 1. The van der Waals surface area contributed by atoms with E-state index in [1.165, 1.54) is 0 Å². The fourth-order valence-electron chi connectivity index (χ4n) is 1.83. The summed E-state index contributed by atoms with van der Waals surface area (Å²) in [6.45, 7) is 0. The normalized spacial score (nSPS) is 11.4. The monoisotopic (exact) mass is 366 g/mol. The SMILES string of the molecule is COc1ccccc1C([O-])=C1C=CC=C1.[Ru+2].c1cc[cH-]c1. The minimum atomic E-state index is -0.00236. The van der Waals surface area contributed by atoms with Crippen molar-refractivity contribution in [2.45, 2.75) is 0 Å². The summed E-state index contributed by atoms with van der Waals surface area (Å²) in [4.78, 5) is 0. The van der Waals surface area contributed by atoms with Crippen LogP contribution in [0.1, 0.15) is 5.56 Å². The number of methoxy groups -OCH3 is 1. The Morgan fingerprint density at radius 1 is 1.00 bits per heavy atom. The molecule has 1 aliphatic carbocycles. The van der Waals surface area contributed by atoms with Gasteiger partial charge in [-0.3, -0.25) is 0 Å². The van der Waals surface area contributed by atoms with E-state index in [1.807, 2.05) is 54.6 Å². The van der Waals surface area contributed by atoms with Gasteiger partial charge in [0.2, 0.25) is 0 Å². The third-order valence-electron chi connectivity index (χ3n) is 2.83. The summed E-state index contributed by atoms with van der Waals surface area (Å²) >= 11 is 0. The Balaban J connectivity index is 0.000000313. The van der Waals surface area contributed by atoms with E-state index >= 15 is 0 Å². The molecule has 108 valence electrons. The maximum atomic E-state index is 12.0. The Kier molecular flexibility index (Phi) is 7.35. The molecular weight excluding hydrogens is 349 g/mol. The van der Waals surface area contributed by atoms with E-state index in [0.29, 0.717) is 16.9 Å². The third kappa shape index (κ3) is 4.80. The summed E-state index contributed by atoms with van der Waals surface area (Å²) in [5.41, 5.74) is 1.30. The minimum absolute atomic E-state index is 0. The average molecular weight is 365 g/mol. The molecule has 0 aromatic heterocycles. The van der Waals surface area contributed by atoms with Crippen molar-refractivity contribution in [1.29, 1.82) is 0 Å². The van der Waals surface area contributed by atoms with Crippen LogP contribution in [0.4, 0.5) is 0 Å². The molecule has 21 heavy (non-hydrogen) atoms. The molecular formula is C18H16O2Ru. The topological polar surface area (TPSA) is 32.3 Å². The van der Waals surface area contributed by atoms with Gasteiger partial charge in [0.25, 0.3) is 0 Å². The van der Waals surface area contributed by atoms with Gasteiger partial charge in [-0.25, -0.2) is 12.1 Å². The molecule has 0 amide bonds. The fourth-order valence-corrected chi connectivity index (χ4v) is 1.83. The molecule has 0 heterocycles. The van der Waals surface area contributed by atoms with Gasteiger partial charge in [-0.2, -0.15) is 18.2 Å². The first-order valence-electron chi connectivity index (χ1n) is 6.39. The van der Waals surface area contributed by atoms with Crippen molar-refractivity contribution in [2.75, 3.05) is 7.11 Å². The van der Waals surface area contributed by atoms with Gasteiger partial charge in [0.05, 0.1) is 7.11 Å². The Morgan fingerprint density at radius 3 is 2.14 bits per heavy atom. The van der Waals surface area contributed by atoms with Crippen LogP contribution in [0.25, 0.3) is 5.76 Å². The van der Waals surface area contributed by atoms with Gasteiger partial charge >= 0.3 is 19.5 Å². The van der Waals surface area contributed by atoms with Crippen molar-refractivity contribution in [3.05, 3.63) is 90.0 Å². The van der Waals surface area contributed by atoms with E-state index in [9.17, 15) is 5.11 Å². The molecule has 0 fully saturated rings. The van der Waals surface area contributed by atoms with Gasteiger partial charge in [0, 0.05) is 5.56 Å².